The molecule has 5 nitrogen and oxygen atoms in total. The number of nitrogens with one attached hydrogen (secondary N) is 1. The van der Waals surface area contributed by atoms with E-state index in [4.69, 9.17) is 0 Å². The zero-order chi connectivity index (χ0) is 20.7. The summed E-state index contributed by atoms with van der Waals surface area (Å²) in [5.74, 6) is 0.620. The number of benzene rings is 2. The van der Waals surface area contributed by atoms with Crippen molar-refractivity contribution in [1.29, 1.82) is 0 Å². The number of carbonyl (C=O) groups is 1. The quantitative estimate of drug-likeness (QED) is 0.518. The second-order valence-corrected chi connectivity index (χ2v) is 8.69. The van der Waals surface area contributed by atoms with E-state index in [-0.39, 0.29) is 17.9 Å². The maximum atomic E-state index is 12.3. The van der Waals surface area contributed by atoms with Gasteiger partial charge in [-0.1, -0.05) is 31.2 Å². The normalized spacial score (nSPS) is 23.9. The molecule has 1 fully saturated rings. The number of hydrogen-bond donors (Lipinski definition) is 2. The lowest BCUT2D eigenvalue weighted by Gasteiger charge is -2.38. The highest BCUT2D eigenvalue weighted by Crippen LogP contribution is 2.55. The van der Waals surface area contributed by atoms with Crippen molar-refractivity contribution in [2.75, 3.05) is 0 Å². The first kappa shape index (κ1) is 18.8. The van der Waals surface area contributed by atoms with E-state index in [1.165, 1.54) is 16.5 Å². The molecule has 0 unspecified atom stereocenters. The van der Waals surface area contributed by atoms with E-state index in [9.17, 15) is 9.90 Å². The van der Waals surface area contributed by atoms with Crippen molar-refractivity contribution in [3.63, 3.8) is 0 Å². The fourth-order valence-electron chi connectivity index (χ4n) is 5.35. The molecule has 3 aromatic rings. The molecule has 0 bridgehead atoms. The highest BCUT2D eigenvalue weighted by molar-refractivity contribution is 5.96. The summed E-state index contributed by atoms with van der Waals surface area (Å²) in [7, 11) is 0. The summed E-state index contributed by atoms with van der Waals surface area (Å²) < 4.78 is 1.84. The number of nitrogens with zero attached hydrogens (tertiary/aromatic N) is 2. The van der Waals surface area contributed by atoms with E-state index in [1.54, 1.807) is 6.07 Å². The van der Waals surface area contributed by atoms with Gasteiger partial charge in [0.25, 0.3) is 0 Å². The third kappa shape index (κ3) is 3.15. The maximum absolute atomic E-state index is 12.3. The van der Waals surface area contributed by atoms with Crippen LogP contribution in [0.1, 0.15) is 43.2 Å². The van der Waals surface area contributed by atoms with Gasteiger partial charge in [-0.3, -0.25) is 4.79 Å². The van der Waals surface area contributed by atoms with Gasteiger partial charge < -0.3 is 5.11 Å². The Kier molecular flexibility index (Phi) is 4.54. The van der Waals surface area contributed by atoms with Crippen LogP contribution in [0.25, 0.3) is 10.8 Å². The number of rotatable bonds is 3. The minimum Gasteiger partial charge on any atom is -0.508 e. The van der Waals surface area contributed by atoms with Gasteiger partial charge in [0, 0.05) is 23.3 Å². The first-order valence-electron chi connectivity index (χ1n) is 10.6. The van der Waals surface area contributed by atoms with Gasteiger partial charge >= 0.3 is 5.91 Å². The minimum absolute atomic E-state index is 0.0230. The first-order chi connectivity index (χ1) is 14.5. The molecule has 2 atom stereocenters. The van der Waals surface area contributed by atoms with Crippen molar-refractivity contribution in [1.82, 2.24) is 5.43 Å². The number of aromatic hydroxyl groups is 1. The van der Waals surface area contributed by atoms with Crippen molar-refractivity contribution < 1.29 is 14.5 Å². The molecule has 0 aliphatic heterocycles. The number of carbonyl (C=O) groups excluding carboxylic acids is 1. The van der Waals surface area contributed by atoms with Crippen LogP contribution in [0.15, 0.2) is 66.0 Å². The van der Waals surface area contributed by atoms with Crippen molar-refractivity contribution >= 4 is 22.4 Å². The third-order valence-electron chi connectivity index (χ3n) is 6.94. The Balaban J connectivity index is 1.39. The van der Waals surface area contributed by atoms with Gasteiger partial charge in [0.2, 0.25) is 6.54 Å². The summed E-state index contributed by atoms with van der Waals surface area (Å²) in [4.78, 5) is 12.3. The van der Waals surface area contributed by atoms with Crippen molar-refractivity contribution in [2.24, 2.45) is 10.5 Å². The van der Waals surface area contributed by atoms with Crippen LogP contribution >= 0.6 is 0 Å². The predicted molar refractivity (Wildman–Crippen MR) is 116 cm³/mol. The number of aromatic nitrogens is 1. The van der Waals surface area contributed by atoms with Crippen LogP contribution in [0.2, 0.25) is 0 Å². The van der Waals surface area contributed by atoms with Crippen LogP contribution in [0.5, 0.6) is 5.75 Å². The number of aryl methyl sites for hydroxylation is 1. The van der Waals surface area contributed by atoms with E-state index in [2.05, 4.69) is 29.6 Å². The number of fused-ring (bicyclic) bond motifs is 5. The third-order valence-corrected chi connectivity index (χ3v) is 6.94. The van der Waals surface area contributed by atoms with Gasteiger partial charge in [-0.25, -0.2) is 5.43 Å². The summed E-state index contributed by atoms with van der Waals surface area (Å²) in [5.41, 5.74) is 6.68. The summed E-state index contributed by atoms with van der Waals surface area (Å²) in [6.07, 6.45) is 7.72. The van der Waals surface area contributed by atoms with Gasteiger partial charge in [0.1, 0.15) is 5.75 Å². The van der Waals surface area contributed by atoms with Gasteiger partial charge in [-0.2, -0.15) is 9.67 Å². The van der Waals surface area contributed by atoms with E-state index in [1.807, 2.05) is 47.3 Å². The Morgan fingerprint density at radius 1 is 1.20 bits per heavy atom. The molecular weight excluding hydrogens is 374 g/mol. The predicted octanol–water partition coefficient (Wildman–Crippen LogP) is 3.84. The van der Waals surface area contributed by atoms with Gasteiger partial charge in [0.15, 0.2) is 12.4 Å². The smallest absolute Gasteiger partial charge is 0.305 e. The average molecular weight is 401 g/mol. The molecule has 2 aliphatic rings. The maximum Gasteiger partial charge on any atom is 0.305 e. The molecule has 30 heavy (non-hydrogen) atoms. The largest absolute Gasteiger partial charge is 0.508 e. The number of pyridine rings is 1. The van der Waals surface area contributed by atoms with Crippen LogP contribution in [0.3, 0.4) is 0 Å². The first-order valence-corrected chi connectivity index (χ1v) is 10.6. The average Bonchev–Trinajstić information content (AvgIpc) is 3.09. The highest BCUT2D eigenvalue weighted by atomic mass is 16.3. The molecule has 5 rings (SSSR count). The van der Waals surface area contributed by atoms with Crippen LogP contribution < -0.4 is 9.99 Å². The van der Waals surface area contributed by atoms with Crippen LogP contribution in [-0.4, -0.2) is 16.7 Å². The topological polar surface area (TPSA) is 65.6 Å². The Bertz CT molecular complexity index is 1160. The zero-order valence-electron chi connectivity index (χ0n) is 17.1. The number of phenols is 1. The molecule has 1 heterocycles. The molecule has 152 valence electrons. The van der Waals surface area contributed by atoms with Crippen molar-refractivity contribution in [3.8, 4) is 5.75 Å². The SMILES string of the molecule is C[C@]12CCc3c(ccc4cc(O)ccc34)[C@@H]1CC/C2=N\NC(=O)C[n+]1ccccc1. The van der Waals surface area contributed by atoms with Gasteiger partial charge in [-0.15, -0.1) is 0 Å². The fraction of sp³-hybridized carbons (Fsp3) is 0.320. The number of hydrazone groups is 1. The summed E-state index contributed by atoms with van der Waals surface area (Å²) in [6.45, 7) is 2.56. The second-order valence-electron chi connectivity index (χ2n) is 8.69. The Hall–Kier alpha value is -3.21. The lowest BCUT2D eigenvalue weighted by molar-refractivity contribution is -0.684. The number of hydrogen-bond acceptors (Lipinski definition) is 3. The van der Waals surface area contributed by atoms with Gasteiger partial charge in [-0.05, 0) is 65.6 Å². The fourth-order valence-corrected chi connectivity index (χ4v) is 5.35. The molecule has 0 spiro atoms. The monoisotopic (exact) mass is 400 g/mol. The Labute approximate surface area is 176 Å². The molecule has 5 heteroatoms. The molecule has 2 aliphatic carbocycles. The molecular formula is C25H26N3O2+. The Morgan fingerprint density at radius 2 is 2.03 bits per heavy atom. The minimum atomic E-state index is -0.104. The van der Waals surface area contributed by atoms with Crippen LogP contribution in [0, 0.1) is 5.41 Å². The lowest BCUT2D eigenvalue weighted by atomic mass is 9.65. The van der Waals surface area contributed by atoms with Crippen LogP contribution in [0.4, 0.5) is 0 Å². The van der Waals surface area contributed by atoms with E-state index >= 15 is 0 Å². The molecule has 1 saturated carbocycles. The lowest BCUT2D eigenvalue weighted by Crippen LogP contribution is -2.41. The zero-order valence-corrected chi connectivity index (χ0v) is 17.1. The second kappa shape index (κ2) is 7.24. The van der Waals surface area contributed by atoms with E-state index in [0.717, 1.165) is 36.8 Å². The van der Waals surface area contributed by atoms with Crippen LogP contribution in [-0.2, 0) is 17.8 Å². The number of amides is 1. The van der Waals surface area contributed by atoms with E-state index < -0.39 is 0 Å². The summed E-state index contributed by atoms with van der Waals surface area (Å²) in [6, 6.07) is 15.8. The summed E-state index contributed by atoms with van der Waals surface area (Å²) >= 11 is 0. The number of phenolic OH excluding ortho intramolecular Hbond substituents is 1. The molecule has 2 N–H and O–H groups in total. The molecule has 2 aromatic carbocycles. The van der Waals surface area contributed by atoms with Crippen molar-refractivity contribution in [3.05, 3.63) is 72.1 Å². The standard InChI is InChI=1S/C25H25N3O2/c1-25-12-11-20-19-8-6-18(29)15-17(19)5-7-21(20)22(25)9-10-23(25)26-27-24(30)16-28-13-3-2-4-14-28/h2-8,13-15,22H,9-12,16H2,1H3,(H-,27,29,30)/p+1/b26-23+/t22-,25-/m0/s1. The van der Waals surface area contributed by atoms with Crippen molar-refractivity contribution in [2.45, 2.75) is 45.1 Å². The van der Waals surface area contributed by atoms with Gasteiger partial charge in [0.05, 0.1) is 0 Å². The van der Waals surface area contributed by atoms with E-state index in [0.29, 0.717) is 11.7 Å². The Morgan fingerprint density at radius 3 is 2.87 bits per heavy atom. The summed E-state index contributed by atoms with van der Waals surface area (Å²) in [5, 5.41) is 16.7. The highest BCUT2D eigenvalue weighted by Gasteiger charge is 2.48. The molecule has 1 amide bonds. The molecule has 0 saturated heterocycles. The molecule has 0 radical (unpaired) electrons. The molecule has 1 aromatic heterocycles.